The molecule has 4 heterocycles. The Labute approximate surface area is 206 Å². The predicted octanol–water partition coefficient (Wildman–Crippen LogP) is 3.78. The lowest BCUT2D eigenvalue weighted by Crippen LogP contribution is -2.14. The van der Waals surface area contributed by atoms with Crippen LogP contribution in [-0.2, 0) is 7.05 Å². The van der Waals surface area contributed by atoms with Gasteiger partial charge in [-0.05, 0) is 24.1 Å². The maximum Gasteiger partial charge on any atom is 0.245 e. The average Bonchev–Trinajstić information content (AvgIpc) is 3.47. The van der Waals surface area contributed by atoms with Crippen LogP contribution in [0.5, 0.6) is 11.8 Å². The fourth-order valence-corrected chi connectivity index (χ4v) is 4.15. The minimum atomic E-state index is 0.136. The average molecular weight is 502 g/mol. The lowest BCUT2D eigenvalue weighted by molar-refractivity contribution is 0.368. The largest absolute Gasteiger partial charge is 0.479 e. The van der Waals surface area contributed by atoms with Crippen LogP contribution < -0.4 is 14.2 Å². The van der Waals surface area contributed by atoms with E-state index in [0.717, 1.165) is 11.3 Å². The molecule has 0 aromatic carbocycles. The first-order chi connectivity index (χ1) is 16.4. The third-order valence-corrected chi connectivity index (χ3v) is 6.55. The third kappa shape index (κ3) is 4.77. The van der Waals surface area contributed by atoms with Crippen molar-refractivity contribution < 1.29 is 9.47 Å². The molecule has 0 aliphatic carbocycles. The number of halogens is 1. The van der Waals surface area contributed by atoms with E-state index in [1.165, 1.54) is 32.5 Å². The first kappa shape index (κ1) is 23.8. The van der Waals surface area contributed by atoms with Crippen molar-refractivity contribution in [1.29, 1.82) is 0 Å². The summed E-state index contributed by atoms with van der Waals surface area (Å²) in [6, 6.07) is 3.78. The Morgan fingerprint density at radius 2 is 1.76 bits per heavy atom. The van der Waals surface area contributed by atoms with Crippen molar-refractivity contribution in [2.75, 3.05) is 18.9 Å². The summed E-state index contributed by atoms with van der Waals surface area (Å²) in [5.41, 5.74) is 2.18. The molecule has 0 fully saturated rings. The van der Waals surface area contributed by atoms with Crippen molar-refractivity contribution in [3.05, 3.63) is 47.8 Å². The highest BCUT2D eigenvalue weighted by atomic mass is 35.5. The van der Waals surface area contributed by atoms with Crippen LogP contribution in [0.25, 0.3) is 17.1 Å². The van der Waals surface area contributed by atoms with E-state index in [0.29, 0.717) is 34.2 Å². The minimum Gasteiger partial charge on any atom is -0.479 e. The molecule has 4 rings (SSSR count). The van der Waals surface area contributed by atoms with Gasteiger partial charge in [0.15, 0.2) is 11.5 Å². The van der Waals surface area contributed by atoms with Crippen LogP contribution in [-0.4, -0.2) is 59.0 Å². The molecule has 4 aromatic heterocycles. The van der Waals surface area contributed by atoms with Gasteiger partial charge in [-0.25, -0.2) is 0 Å². The highest BCUT2D eigenvalue weighted by molar-refractivity contribution is 8.01. The van der Waals surface area contributed by atoms with E-state index in [1.807, 2.05) is 25.4 Å². The van der Waals surface area contributed by atoms with E-state index < -0.39 is 0 Å². The Balaban J connectivity index is 1.70. The Morgan fingerprint density at radius 1 is 1.03 bits per heavy atom. The lowest BCUT2D eigenvalue weighted by atomic mass is 10.0. The summed E-state index contributed by atoms with van der Waals surface area (Å²) in [4.78, 5) is 12.9. The molecule has 34 heavy (non-hydrogen) atoms. The second-order valence-electron chi connectivity index (χ2n) is 7.44. The van der Waals surface area contributed by atoms with Crippen molar-refractivity contribution in [3.8, 4) is 28.8 Å². The molecule has 0 saturated heterocycles. The smallest absolute Gasteiger partial charge is 0.245 e. The summed E-state index contributed by atoms with van der Waals surface area (Å²) in [7, 11) is 4.90. The van der Waals surface area contributed by atoms with Gasteiger partial charge in [0, 0.05) is 36.3 Å². The van der Waals surface area contributed by atoms with Gasteiger partial charge in [-0.3, -0.25) is 19.0 Å². The van der Waals surface area contributed by atoms with E-state index in [4.69, 9.17) is 21.1 Å². The maximum atomic E-state index is 5.98. The number of aromatic nitrogens is 8. The quantitative estimate of drug-likeness (QED) is 0.339. The van der Waals surface area contributed by atoms with Crippen LogP contribution in [0.15, 0.2) is 37.1 Å². The SMILES string of the molecule is COc1ncnc(OC)c1-n1c(NSC(C)C(C)c2ccc(Cl)cn2)nnc1-c1cnn(C)c1. The van der Waals surface area contributed by atoms with E-state index >= 15 is 0 Å². The molecule has 0 amide bonds. The van der Waals surface area contributed by atoms with Gasteiger partial charge in [0.25, 0.3) is 0 Å². The van der Waals surface area contributed by atoms with Gasteiger partial charge in [-0.2, -0.15) is 15.1 Å². The van der Waals surface area contributed by atoms with Crippen LogP contribution in [0.2, 0.25) is 5.02 Å². The molecule has 2 unspecified atom stereocenters. The van der Waals surface area contributed by atoms with Gasteiger partial charge in [-0.15, -0.1) is 10.2 Å². The zero-order valence-electron chi connectivity index (χ0n) is 19.3. The Morgan fingerprint density at radius 3 is 2.35 bits per heavy atom. The Hall–Kier alpha value is -3.38. The van der Waals surface area contributed by atoms with Crippen LogP contribution in [0.1, 0.15) is 25.5 Å². The second kappa shape index (κ2) is 10.3. The van der Waals surface area contributed by atoms with Crippen LogP contribution in [0.3, 0.4) is 0 Å². The maximum absolute atomic E-state index is 5.98. The molecule has 0 spiro atoms. The van der Waals surface area contributed by atoms with Gasteiger partial charge in [-0.1, -0.05) is 25.4 Å². The summed E-state index contributed by atoms with van der Waals surface area (Å²) >= 11 is 7.48. The summed E-state index contributed by atoms with van der Waals surface area (Å²) < 4.78 is 17.8. The number of anilines is 1. The number of methoxy groups -OCH3 is 2. The molecule has 0 radical (unpaired) electrons. The van der Waals surface area contributed by atoms with Crippen molar-refractivity contribution in [1.82, 2.24) is 39.5 Å². The number of hydrogen-bond acceptors (Lipinski definition) is 10. The highest BCUT2D eigenvalue weighted by Gasteiger charge is 2.26. The summed E-state index contributed by atoms with van der Waals surface area (Å²) in [6.45, 7) is 4.21. The zero-order chi connectivity index (χ0) is 24.2. The van der Waals surface area contributed by atoms with E-state index in [-0.39, 0.29) is 11.2 Å². The van der Waals surface area contributed by atoms with Gasteiger partial charge in [0.05, 0.1) is 31.0 Å². The Kier molecular flexibility index (Phi) is 7.17. The molecule has 0 aliphatic rings. The van der Waals surface area contributed by atoms with Gasteiger partial charge in [0.1, 0.15) is 6.33 Å². The summed E-state index contributed by atoms with van der Waals surface area (Å²) in [5, 5.41) is 13.8. The number of aryl methyl sites for hydroxylation is 1. The van der Waals surface area contributed by atoms with E-state index in [9.17, 15) is 0 Å². The van der Waals surface area contributed by atoms with Gasteiger partial charge >= 0.3 is 0 Å². The number of ether oxygens (including phenoxy) is 2. The molecule has 13 heteroatoms. The molecule has 0 aliphatic heterocycles. The van der Waals surface area contributed by atoms with Crippen molar-refractivity contribution in [2.45, 2.75) is 25.0 Å². The minimum absolute atomic E-state index is 0.136. The molecule has 2 atom stereocenters. The molecule has 0 bridgehead atoms. The molecular weight excluding hydrogens is 478 g/mol. The fourth-order valence-electron chi connectivity index (χ4n) is 3.27. The highest BCUT2D eigenvalue weighted by Crippen LogP contribution is 2.36. The molecule has 0 saturated carbocycles. The van der Waals surface area contributed by atoms with Crippen molar-refractivity contribution in [3.63, 3.8) is 0 Å². The molecular formula is C21H24ClN9O2S. The van der Waals surface area contributed by atoms with Gasteiger partial charge < -0.3 is 9.47 Å². The fraction of sp³-hybridized carbons (Fsp3) is 0.333. The van der Waals surface area contributed by atoms with Gasteiger partial charge in [0.2, 0.25) is 17.7 Å². The normalized spacial score (nSPS) is 12.9. The number of nitrogens with zero attached hydrogens (tertiary/aromatic N) is 8. The summed E-state index contributed by atoms with van der Waals surface area (Å²) in [5.74, 6) is 1.77. The second-order valence-corrected chi connectivity index (χ2v) is 9.06. The third-order valence-electron chi connectivity index (χ3n) is 5.25. The van der Waals surface area contributed by atoms with Crippen molar-refractivity contribution in [2.24, 2.45) is 7.05 Å². The van der Waals surface area contributed by atoms with Crippen LogP contribution >= 0.6 is 23.5 Å². The molecule has 4 aromatic rings. The van der Waals surface area contributed by atoms with Crippen LogP contribution in [0.4, 0.5) is 5.95 Å². The monoisotopic (exact) mass is 501 g/mol. The number of pyridine rings is 1. The topological polar surface area (TPSA) is 118 Å². The number of rotatable bonds is 9. The van der Waals surface area contributed by atoms with Crippen LogP contribution in [0, 0.1) is 0 Å². The standard InChI is InChI=1S/C21H24ClN9O2S/c1-12(16-7-6-15(22)9-23-16)13(2)34-29-21-28-27-18(14-8-26-30(3)10-14)31(21)17-19(32-4)24-11-25-20(17)33-5/h6-13H,1-5H3,(H,28,29). The summed E-state index contributed by atoms with van der Waals surface area (Å²) in [6.07, 6.45) is 6.58. The molecule has 11 nitrogen and oxygen atoms in total. The predicted molar refractivity (Wildman–Crippen MR) is 131 cm³/mol. The lowest BCUT2D eigenvalue weighted by Gasteiger charge is -2.20. The first-order valence-electron chi connectivity index (χ1n) is 10.3. The van der Waals surface area contributed by atoms with E-state index in [2.05, 4.69) is 48.8 Å². The first-order valence-corrected chi connectivity index (χ1v) is 11.6. The zero-order valence-corrected chi connectivity index (χ0v) is 20.9. The van der Waals surface area contributed by atoms with Crippen molar-refractivity contribution >= 4 is 29.5 Å². The number of nitrogens with one attached hydrogen (secondary N) is 1. The number of hydrogen-bond donors (Lipinski definition) is 1. The molecule has 178 valence electrons. The Bertz CT molecular complexity index is 1240. The molecule has 1 N–H and O–H groups in total. The van der Waals surface area contributed by atoms with E-state index in [1.54, 1.807) is 21.6 Å².